The van der Waals surface area contributed by atoms with Crippen LogP contribution in [-0.2, 0) is 11.8 Å². The Bertz CT molecular complexity index is 904. The van der Waals surface area contributed by atoms with Gasteiger partial charge >= 0.3 is 0 Å². The monoisotopic (exact) mass is 335 g/mol. The number of nitrogens with zero attached hydrogens (tertiary/aromatic N) is 3. The Balaban J connectivity index is 1.69. The lowest BCUT2D eigenvalue weighted by Gasteiger charge is -2.39. The summed E-state index contributed by atoms with van der Waals surface area (Å²) in [7, 11) is 1.95. The van der Waals surface area contributed by atoms with E-state index in [1.807, 2.05) is 72.0 Å². The zero-order valence-corrected chi connectivity index (χ0v) is 14.4. The molecule has 0 saturated carbocycles. The third kappa shape index (κ3) is 2.91. The summed E-state index contributed by atoms with van der Waals surface area (Å²) < 4.78 is 7.78. The van der Waals surface area contributed by atoms with E-state index in [0.29, 0.717) is 18.7 Å². The molecule has 1 aromatic heterocycles. The molecule has 0 bridgehead atoms. The van der Waals surface area contributed by atoms with Crippen molar-refractivity contribution in [3.8, 4) is 0 Å². The maximum atomic E-state index is 13.2. The van der Waals surface area contributed by atoms with Gasteiger partial charge in [-0.3, -0.25) is 4.79 Å². The van der Waals surface area contributed by atoms with Crippen LogP contribution in [0.5, 0.6) is 0 Å². The SMILES string of the molecule is CC1CN(C(=O)c2ccc3c(c2)ncn3C)C(c2ccccc2)CO1. The van der Waals surface area contributed by atoms with Crippen LogP contribution in [0.1, 0.15) is 28.9 Å². The molecule has 25 heavy (non-hydrogen) atoms. The van der Waals surface area contributed by atoms with Gasteiger partial charge in [-0.15, -0.1) is 0 Å². The number of amides is 1. The summed E-state index contributed by atoms with van der Waals surface area (Å²) >= 11 is 0. The van der Waals surface area contributed by atoms with Crippen molar-refractivity contribution in [3.63, 3.8) is 0 Å². The molecular weight excluding hydrogens is 314 g/mol. The van der Waals surface area contributed by atoms with Crippen molar-refractivity contribution >= 4 is 16.9 Å². The second-order valence-corrected chi connectivity index (χ2v) is 6.59. The molecule has 2 aromatic carbocycles. The molecule has 3 aromatic rings. The molecule has 5 heteroatoms. The van der Waals surface area contributed by atoms with Gasteiger partial charge in [0, 0.05) is 19.2 Å². The lowest BCUT2D eigenvalue weighted by Crippen LogP contribution is -2.46. The minimum Gasteiger partial charge on any atom is -0.374 e. The minimum absolute atomic E-state index is 0.0246. The first-order valence-corrected chi connectivity index (χ1v) is 8.52. The van der Waals surface area contributed by atoms with Crippen LogP contribution in [0.25, 0.3) is 11.0 Å². The number of carbonyl (C=O) groups excluding carboxylic acids is 1. The van der Waals surface area contributed by atoms with Gasteiger partial charge in [0.1, 0.15) is 0 Å². The van der Waals surface area contributed by atoms with E-state index in [-0.39, 0.29) is 18.1 Å². The Hall–Kier alpha value is -2.66. The summed E-state index contributed by atoms with van der Waals surface area (Å²) in [6, 6.07) is 15.7. The first-order chi connectivity index (χ1) is 12.1. The molecule has 2 atom stereocenters. The van der Waals surface area contributed by atoms with Gasteiger partial charge in [-0.2, -0.15) is 0 Å². The van der Waals surface area contributed by atoms with Crippen LogP contribution in [0.4, 0.5) is 0 Å². The van der Waals surface area contributed by atoms with Gasteiger partial charge < -0.3 is 14.2 Å². The number of hydrogen-bond donors (Lipinski definition) is 0. The quantitative estimate of drug-likeness (QED) is 0.723. The lowest BCUT2D eigenvalue weighted by atomic mass is 10.0. The Kier molecular flexibility index (Phi) is 4.01. The predicted molar refractivity (Wildman–Crippen MR) is 96.3 cm³/mol. The molecule has 0 radical (unpaired) electrons. The van der Waals surface area contributed by atoms with Gasteiger partial charge in [0.05, 0.1) is 36.1 Å². The van der Waals surface area contributed by atoms with Gasteiger partial charge in [0.25, 0.3) is 5.91 Å². The van der Waals surface area contributed by atoms with Gasteiger partial charge in [-0.1, -0.05) is 30.3 Å². The molecule has 5 nitrogen and oxygen atoms in total. The highest BCUT2D eigenvalue weighted by atomic mass is 16.5. The van der Waals surface area contributed by atoms with E-state index in [4.69, 9.17) is 4.74 Å². The third-order valence-corrected chi connectivity index (χ3v) is 4.79. The Morgan fingerprint density at radius 2 is 2.00 bits per heavy atom. The summed E-state index contributed by atoms with van der Waals surface area (Å²) in [5.74, 6) is 0.0246. The van der Waals surface area contributed by atoms with Crippen molar-refractivity contribution in [2.75, 3.05) is 13.2 Å². The number of fused-ring (bicyclic) bond motifs is 1. The smallest absolute Gasteiger partial charge is 0.254 e. The van der Waals surface area contributed by atoms with E-state index in [0.717, 1.165) is 16.6 Å². The zero-order chi connectivity index (χ0) is 17.4. The number of aromatic nitrogens is 2. The molecule has 1 amide bonds. The molecule has 0 N–H and O–H groups in total. The van der Waals surface area contributed by atoms with Crippen LogP contribution in [0.15, 0.2) is 54.9 Å². The number of carbonyl (C=O) groups is 1. The Labute approximate surface area is 146 Å². The fourth-order valence-electron chi connectivity index (χ4n) is 3.41. The average molecular weight is 335 g/mol. The lowest BCUT2D eigenvalue weighted by molar-refractivity contribution is -0.0447. The van der Waals surface area contributed by atoms with Crippen molar-refractivity contribution < 1.29 is 9.53 Å². The summed E-state index contributed by atoms with van der Waals surface area (Å²) in [6.07, 6.45) is 1.80. The van der Waals surface area contributed by atoms with Crippen molar-refractivity contribution in [2.45, 2.75) is 19.1 Å². The molecule has 2 heterocycles. The van der Waals surface area contributed by atoms with Crippen molar-refractivity contribution in [1.29, 1.82) is 0 Å². The van der Waals surface area contributed by atoms with Crippen LogP contribution >= 0.6 is 0 Å². The molecule has 1 fully saturated rings. The van der Waals surface area contributed by atoms with Crippen molar-refractivity contribution in [2.24, 2.45) is 7.05 Å². The van der Waals surface area contributed by atoms with Crippen LogP contribution in [0.2, 0.25) is 0 Å². The number of morpholine rings is 1. The number of benzene rings is 2. The van der Waals surface area contributed by atoms with E-state index in [9.17, 15) is 4.79 Å². The van der Waals surface area contributed by atoms with Crippen LogP contribution < -0.4 is 0 Å². The molecule has 0 spiro atoms. The highest BCUT2D eigenvalue weighted by molar-refractivity contribution is 5.97. The zero-order valence-electron chi connectivity index (χ0n) is 14.4. The molecule has 4 rings (SSSR count). The largest absolute Gasteiger partial charge is 0.374 e. The van der Waals surface area contributed by atoms with E-state index >= 15 is 0 Å². The van der Waals surface area contributed by atoms with Crippen LogP contribution in [0.3, 0.4) is 0 Å². The second kappa shape index (κ2) is 6.33. The van der Waals surface area contributed by atoms with E-state index in [1.165, 1.54) is 0 Å². The normalized spacial score (nSPS) is 20.8. The third-order valence-electron chi connectivity index (χ3n) is 4.79. The molecule has 0 aliphatic carbocycles. The topological polar surface area (TPSA) is 47.4 Å². The van der Waals surface area contributed by atoms with E-state index in [1.54, 1.807) is 6.33 Å². The number of hydrogen-bond acceptors (Lipinski definition) is 3. The molecule has 1 aliphatic heterocycles. The summed E-state index contributed by atoms with van der Waals surface area (Å²) in [4.78, 5) is 19.5. The summed E-state index contributed by atoms with van der Waals surface area (Å²) in [5.41, 5.74) is 3.63. The Morgan fingerprint density at radius 1 is 1.20 bits per heavy atom. The second-order valence-electron chi connectivity index (χ2n) is 6.59. The van der Waals surface area contributed by atoms with Crippen molar-refractivity contribution in [1.82, 2.24) is 14.5 Å². The van der Waals surface area contributed by atoms with Gasteiger partial charge in [0.15, 0.2) is 0 Å². The molecular formula is C20H21N3O2. The number of rotatable bonds is 2. The summed E-state index contributed by atoms with van der Waals surface area (Å²) in [5, 5.41) is 0. The molecule has 1 saturated heterocycles. The number of imidazole rings is 1. The van der Waals surface area contributed by atoms with Crippen molar-refractivity contribution in [3.05, 3.63) is 66.0 Å². The van der Waals surface area contributed by atoms with Crippen LogP contribution in [0, 0.1) is 0 Å². The average Bonchev–Trinajstić information content (AvgIpc) is 3.02. The van der Waals surface area contributed by atoms with Gasteiger partial charge in [-0.05, 0) is 30.7 Å². The first kappa shape index (κ1) is 15.8. The van der Waals surface area contributed by atoms with Gasteiger partial charge in [0.2, 0.25) is 0 Å². The highest BCUT2D eigenvalue weighted by Gasteiger charge is 2.32. The predicted octanol–water partition coefficient (Wildman–Crippen LogP) is 3.18. The highest BCUT2D eigenvalue weighted by Crippen LogP contribution is 2.28. The van der Waals surface area contributed by atoms with E-state index in [2.05, 4.69) is 4.98 Å². The maximum absolute atomic E-state index is 13.2. The number of ether oxygens (including phenoxy) is 1. The first-order valence-electron chi connectivity index (χ1n) is 8.52. The maximum Gasteiger partial charge on any atom is 0.254 e. The Morgan fingerprint density at radius 3 is 2.80 bits per heavy atom. The molecule has 128 valence electrons. The molecule has 1 aliphatic rings. The van der Waals surface area contributed by atoms with E-state index < -0.39 is 0 Å². The standard InChI is InChI=1S/C20H21N3O2/c1-14-11-23(19(12-25-14)15-6-4-3-5-7-15)20(24)16-8-9-18-17(10-16)21-13-22(18)2/h3-10,13-14,19H,11-12H2,1-2H3. The number of aryl methyl sites for hydroxylation is 1. The van der Waals surface area contributed by atoms with Crippen LogP contribution in [-0.4, -0.2) is 39.6 Å². The minimum atomic E-state index is -0.0654. The van der Waals surface area contributed by atoms with Gasteiger partial charge in [-0.25, -0.2) is 4.98 Å². The molecule has 2 unspecified atom stereocenters. The summed E-state index contributed by atoms with van der Waals surface area (Å²) in [6.45, 7) is 3.10. The fourth-order valence-corrected chi connectivity index (χ4v) is 3.41. The fraction of sp³-hybridized carbons (Fsp3) is 0.300.